The number of hydrogen-bond acceptors (Lipinski definition) is 2. The van der Waals surface area contributed by atoms with Gasteiger partial charge in [0.05, 0.1) is 7.11 Å². The molecule has 0 N–H and O–H groups in total. The van der Waals surface area contributed by atoms with Crippen LogP contribution in [0.3, 0.4) is 0 Å². The molecule has 0 aliphatic rings. The van der Waals surface area contributed by atoms with Crippen LogP contribution in [0.4, 0.5) is 13.2 Å². The Hall–Kier alpha value is -1.26. The molecule has 1 aromatic heterocycles. The van der Waals surface area contributed by atoms with Crippen LogP contribution in [0.25, 0.3) is 0 Å². The van der Waals surface area contributed by atoms with Crippen LogP contribution >= 0.6 is 0 Å². The average Bonchev–Trinajstić information content (AvgIpc) is 2.09. The van der Waals surface area contributed by atoms with Gasteiger partial charge in [0.15, 0.2) is 5.82 Å². The van der Waals surface area contributed by atoms with Crippen molar-refractivity contribution in [2.75, 3.05) is 7.11 Å². The summed E-state index contributed by atoms with van der Waals surface area (Å²) in [5.41, 5.74) is -0.765. The van der Waals surface area contributed by atoms with Gasteiger partial charge in [-0.25, -0.2) is 18.2 Å². The number of rotatable bonds is 2. The van der Waals surface area contributed by atoms with E-state index in [1.165, 1.54) is 20.1 Å². The lowest BCUT2D eigenvalue weighted by Crippen LogP contribution is -2.00. The number of nitrogens with zero attached hydrogens (tertiary/aromatic N) is 1. The van der Waals surface area contributed by atoms with Gasteiger partial charge in [-0.1, -0.05) is 0 Å². The number of aromatic nitrogens is 1. The third kappa shape index (κ3) is 1.91. The number of alkyl halides is 2. The normalized spacial score (nSPS) is 10.6. The van der Waals surface area contributed by atoms with Crippen molar-refractivity contribution in [2.24, 2.45) is 0 Å². The minimum Gasteiger partial charge on any atom is -0.481 e. The summed E-state index contributed by atoms with van der Waals surface area (Å²) in [5.74, 6) is -0.981. The van der Waals surface area contributed by atoms with Gasteiger partial charge in [-0.2, -0.15) is 0 Å². The van der Waals surface area contributed by atoms with Crippen molar-refractivity contribution in [3.8, 4) is 5.88 Å². The third-order valence-electron chi connectivity index (χ3n) is 1.56. The van der Waals surface area contributed by atoms with Crippen LogP contribution < -0.4 is 4.74 Å². The Labute approximate surface area is 73.4 Å². The molecule has 0 aromatic carbocycles. The quantitative estimate of drug-likeness (QED) is 0.716. The van der Waals surface area contributed by atoms with Gasteiger partial charge < -0.3 is 4.74 Å². The van der Waals surface area contributed by atoms with Gasteiger partial charge in [-0.05, 0) is 12.5 Å². The maximum Gasteiger partial charge on any atom is 0.283 e. The van der Waals surface area contributed by atoms with E-state index < -0.39 is 17.9 Å². The topological polar surface area (TPSA) is 22.1 Å². The van der Waals surface area contributed by atoms with E-state index in [-0.39, 0.29) is 11.4 Å². The van der Waals surface area contributed by atoms with Gasteiger partial charge >= 0.3 is 0 Å². The molecule has 72 valence electrons. The predicted molar refractivity (Wildman–Crippen MR) is 40.4 cm³/mol. The molecule has 0 spiro atoms. The van der Waals surface area contributed by atoms with Crippen LogP contribution in [0.1, 0.15) is 17.7 Å². The first-order valence-electron chi connectivity index (χ1n) is 3.55. The molecule has 13 heavy (non-hydrogen) atoms. The third-order valence-corrected chi connectivity index (χ3v) is 1.56. The van der Waals surface area contributed by atoms with E-state index >= 15 is 0 Å². The van der Waals surface area contributed by atoms with Gasteiger partial charge in [0.1, 0.15) is 5.69 Å². The number of methoxy groups -OCH3 is 1. The molecule has 0 aliphatic carbocycles. The maximum atomic E-state index is 13.0. The summed E-state index contributed by atoms with van der Waals surface area (Å²) in [4.78, 5) is 3.30. The van der Waals surface area contributed by atoms with E-state index in [1.807, 2.05) is 0 Å². The summed E-state index contributed by atoms with van der Waals surface area (Å²) in [6.45, 7) is 1.38. The first-order chi connectivity index (χ1) is 6.06. The van der Waals surface area contributed by atoms with Crippen LogP contribution in [0, 0.1) is 12.7 Å². The molecule has 0 atom stereocenters. The Bertz CT molecular complexity index is 315. The highest BCUT2D eigenvalue weighted by Crippen LogP contribution is 2.24. The summed E-state index contributed by atoms with van der Waals surface area (Å²) >= 11 is 0. The Morgan fingerprint density at radius 3 is 2.54 bits per heavy atom. The molecule has 1 aromatic rings. The second-order valence-corrected chi connectivity index (χ2v) is 2.48. The number of hydrogen-bond donors (Lipinski definition) is 0. The lowest BCUT2D eigenvalue weighted by Gasteiger charge is -2.06. The van der Waals surface area contributed by atoms with Crippen molar-refractivity contribution in [3.05, 3.63) is 23.1 Å². The number of pyridine rings is 1. The molecule has 1 rings (SSSR count). The second-order valence-electron chi connectivity index (χ2n) is 2.48. The monoisotopic (exact) mass is 191 g/mol. The van der Waals surface area contributed by atoms with Crippen molar-refractivity contribution >= 4 is 0 Å². The zero-order chi connectivity index (χ0) is 10.0. The van der Waals surface area contributed by atoms with E-state index in [0.29, 0.717) is 0 Å². The van der Waals surface area contributed by atoms with Gasteiger partial charge in [0, 0.05) is 6.07 Å². The Balaban J connectivity index is 3.25. The van der Waals surface area contributed by atoms with E-state index in [1.54, 1.807) is 0 Å². The fourth-order valence-corrected chi connectivity index (χ4v) is 0.900. The maximum absolute atomic E-state index is 13.0. The molecule has 0 fully saturated rings. The van der Waals surface area contributed by atoms with E-state index in [0.717, 1.165) is 0 Å². The molecule has 0 saturated carbocycles. The Morgan fingerprint density at radius 1 is 1.46 bits per heavy atom. The van der Waals surface area contributed by atoms with Crippen LogP contribution in [0.5, 0.6) is 5.88 Å². The largest absolute Gasteiger partial charge is 0.481 e. The van der Waals surface area contributed by atoms with Crippen molar-refractivity contribution in [1.29, 1.82) is 0 Å². The fraction of sp³-hybridized carbons (Fsp3) is 0.375. The molecule has 1 heterocycles. The highest BCUT2D eigenvalue weighted by molar-refractivity contribution is 5.26. The average molecular weight is 191 g/mol. The highest BCUT2D eigenvalue weighted by atomic mass is 19.3. The Morgan fingerprint density at radius 2 is 2.08 bits per heavy atom. The zero-order valence-electron chi connectivity index (χ0n) is 7.14. The van der Waals surface area contributed by atoms with Crippen LogP contribution in [0.15, 0.2) is 6.07 Å². The number of halogens is 3. The van der Waals surface area contributed by atoms with Gasteiger partial charge in [0.25, 0.3) is 6.43 Å². The molecule has 0 unspecified atom stereocenters. The summed E-state index contributed by atoms with van der Waals surface area (Å²) < 4.78 is 41.9. The van der Waals surface area contributed by atoms with E-state index in [9.17, 15) is 13.2 Å². The SMILES string of the molecule is COc1cc(C)c(F)c(C(F)F)n1. The molecular weight excluding hydrogens is 183 g/mol. The first-order valence-corrected chi connectivity index (χ1v) is 3.55. The van der Waals surface area contributed by atoms with Crippen molar-refractivity contribution in [1.82, 2.24) is 4.98 Å². The molecular formula is C8H8F3NO. The lowest BCUT2D eigenvalue weighted by atomic mass is 10.2. The molecule has 2 nitrogen and oxygen atoms in total. The minimum absolute atomic E-state index is 0.00537. The first kappa shape index (κ1) is 9.83. The van der Waals surface area contributed by atoms with Crippen molar-refractivity contribution < 1.29 is 17.9 Å². The van der Waals surface area contributed by atoms with Crippen LogP contribution in [-0.2, 0) is 0 Å². The van der Waals surface area contributed by atoms with Gasteiger partial charge in [-0.3, -0.25) is 0 Å². The van der Waals surface area contributed by atoms with Gasteiger partial charge in [0.2, 0.25) is 5.88 Å². The van der Waals surface area contributed by atoms with Crippen molar-refractivity contribution in [2.45, 2.75) is 13.3 Å². The molecule has 0 saturated heterocycles. The van der Waals surface area contributed by atoms with Gasteiger partial charge in [-0.15, -0.1) is 0 Å². The van der Waals surface area contributed by atoms with E-state index in [4.69, 9.17) is 0 Å². The molecule has 0 aliphatic heterocycles. The zero-order valence-corrected chi connectivity index (χ0v) is 7.14. The standard InChI is InChI=1S/C8H8F3NO/c1-4-3-5(13-2)12-7(6(4)9)8(10)11/h3,8H,1-2H3. The molecule has 5 heteroatoms. The summed E-state index contributed by atoms with van der Waals surface area (Å²) in [6.07, 6.45) is -2.92. The highest BCUT2D eigenvalue weighted by Gasteiger charge is 2.18. The van der Waals surface area contributed by atoms with E-state index in [2.05, 4.69) is 9.72 Å². The lowest BCUT2D eigenvalue weighted by molar-refractivity contribution is 0.139. The smallest absolute Gasteiger partial charge is 0.283 e. The van der Waals surface area contributed by atoms with Crippen LogP contribution in [-0.4, -0.2) is 12.1 Å². The second kappa shape index (κ2) is 3.64. The Kier molecular flexibility index (Phi) is 2.75. The summed E-state index contributed by atoms with van der Waals surface area (Å²) in [7, 11) is 1.29. The predicted octanol–water partition coefficient (Wildman–Crippen LogP) is 2.48. The number of ether oxygens (including phenoxy) is 1. The molecule has 0 radical (unpaired) electrons. The summed E-state index contributed by atoms with van der Waals surface area (Å²) in [6, 6.07) is 1.27. The molecule has 0 bridgehead atoms. The fourth-order valence-electron chi connectivity index (χ4n) is 0.900. The number of aryl methyl sites for hydroxylation is 1. The molecule has 0 amide bonds. The van der Waals surface area contributed by atoms with Crippen LogP contribution in [0.2, 0.25) is 0 Å². The minimum atomic E-state index is -2.92. The summed E-state index contributed by atoms with van der Waals surface area (Å²) in [5, 5.41) is 0. The van der Waals surface area contributed by atoms with Crippen molar-refractivity contribution in [3.63, 3.8) is 0 Å².